The Morgan fingerprint density at radius 2 is 2.12 bits per heavy atom. The van der Waals surface area contributed by atoms with Gasteiger partial charge in [0.2, 0.25) is 11.8 Å². The van der Waals surface area contributed by atoms with E-state index in [0.29, 0.717) is 49.1 Å². The van der Waals surface area contributed by atoms with E-state index in [1.54, 1.807) is 17.0 Å². The topological polar surface area (TPSA) is 75.4 Å². The Balaban J connectivity index is 1.86. The lowest BCUT2D eigenvalue weighted by Gasteiger charge is -2.32. The second-order valence-electron chi connectivity index (χ2n) is 5.99. The zero-order valence-corrected chi connectivity index (χ0v) is 15.1. The van der Waals surface area contributed by atoms with E-state index in [-0.39, 0.29) is 17.7 Å². The van der Waals surface area contributed by atoms with Crippen LogP contribution in [0.2, 0.25) is 10.0 Å². The van der Waals surface area contributed by atoms with Crippen LogP contribution >= 0.6 is 23.2 Å². The van der Waals surface area contributed by atoms with E-state index < -0.39 is 0 Å². The summed E-state index contributed by atoms with van der Waals surface area (Å²) < 4.78 is 0. The van der Waals surface area contributed by atoms with Crippen molar-refractivity contribution in [2.24, 2.45) is 11.7 Å². The molecular formula is C17H23Cl2N3O2. The fraction of sp³-hybridized carbons (Fsp3) is 0.529. The van der Waals surface area contributed by atoms with Crippen molar-refractivity contribution < 1.29 is 9.59 Å². The number of nitrogens with one attached hydrogen (secondary N) is 1. The molecule has 3 N–H and O–H groups in total. The number of carbonyl (C=O) groups excluding carboxylic acids is 2. The molecule has 1 aliphatic rings. The highest BCUT2D eigenvalue weighted by Gasteiger charge is 2.27. The van der Waals surface area contributed by atoms with Crippen LogP contribution in [0.15, 0.2) is 18.2 Å². The van der Waals surface area contributed by atoms with Gasteiger partial charge < -0.3 is 16.0 Å². The van der Waals surface area contributed by atoms with Crippen LogP contribution in [0, 0.1) is 5.92 Å². The second-order valence-corrected chi connectivity index (χ2v) is 6.84. The van der Waals surface area contributed by atoms with Crippen molar-refractivity contribution in [2.45, 2.75) is 25.7 Å². The Morgan fingerprint density at radius 1 is 1.33 bits per heavy atom. The highest BCUT2D eigenvalue weighted by Crippen LogP contribution is 2.23. The van der Waals surface area contributed by atoms with Crippen molar-refractivity contribution in [2.75, 3.05) is 26.2 Å². The molecular weight excluding hydrogens is 349 g/mol. The molecule has 1 aromatic carbocycles. The summed E-state index contributed by atoms with van der Waals surface area (Å²) in [5.41, 5.74) is 6.31. The summed E-state index contributed by atoms with van der Waals surface area (Å²) >= 11 is 12.0. The zero-order valence-electron chi connectivity index (χ0n) is 13.6. The predicted molar refractivity (Wildman–Crippen MR) is 96.2 cm³/mol. The normalized spacial score (nSPS) is 17.6. The van der Waals surface area contributed by atoms with Crippen LogP contribution in [-0.2, 0) is 16.0 Å². The summed E-state index contributed by atoms with van der Waals surface area (Å²) in [4.78, 5) is 26.3. The summed E-state index contributed by atoms with van der Waals surface area (Å²) in [5.74, 6) is -0.107. The third kappa shape index (κ3) is 5.36. The molecule has 7 heteroatoms. The zero-order chi connectivity index (χ0) is 17.5. The number of hydrogen-bond acceptors (Lipinski definition) is 3. The Labute approximate surface area is 152 Å². The van der Waals surface area contributed by atoms with Gasteiger partial charge in [-0.1, -0.05) is 29.3 Å². The summed E-state index contributed by atoms with van der Waals surface area (Å²) in [5, 5.41) is 3.96. The van der Waals surface area contributed by atoms with Crippen molar-refractivity contribution in [1.82, 2.24) is 10.2 Å². The molecule has 0 bridgehead atoms. The number of amides is 2. The first-order valence-corrected chi connectivity index (χ1v) is 8.96. The fourth-order valence-corrected chi connectivity index (χ4v) is 3.38. The number of piperidine rings is 1. The van der Waals surface area contributed by atoms with Crippen LogP contribution in [0.3, 0.4) is 0 Å². The van der Waals surface area contributed by atoms with Gasteiger partial charge in [0.05, 0.1) is 5.92 Å². The Morgan fingerprint density at radius 3 is 2.83 bits per heavy atom. The summed E-state index contributed by atoms with van der Waals surface area (Å²) in [6.07, 6.45) is 2.59. The SMILES string of the molecule is NCCNC(=O)C1CCCN(C(=O)CCc2ccc(Cl)cc2Cl)C1. The van der Waals surface area contributed by atoms with E-state index in [1.807, 2.05) is 6.07 Å². The average molecular weight is 372 g/mol. The number of carbonyl (C=O) groups is 2. The number of benzene rings is 1. The molecule has 5 nitrogen and oxygen atoms in total. The minimum Gasteiger partial charge on any atom is -0.355 e. The molecule has 2 amide bonds. The molecule has 1 atom stereocenters. The van der Waals surface area contributed by atoms with Gasteiger partial charge in [-0.3, -0.25) is 9.59 Å². The molecule has 0 aliphatic carbocycles. The summed E-state index contributed by atoms with van der Waals surface area (Å²) in [6, 6.07) is 5.30. The van der Waals surface area contributed by atoms with Crippen LogP contribution in [0.5, 0.6) is 0 Å². The van der Waals surface area contributed by atoms with Crippen LogP contribution in [-0.4, -0.2) is 42.9 Å². The highest BCUT2D eigenvalue weighted by molar-refractivity contribution is 6.35. The Hall–Kier alpha value is -1.30. The lowest BCUT2D eigenvalue weighted by atomic mass is 9.96. The monoisotopic (exact) mass is 371 g/mol. The van der Waals surface area contributed by atoms with E-state index in [9.17, 15) is 9.59 Å². The number of nitrogens with two attached hydrogens (primary N) is 1. The standard InChI is InChI=1S/C17H23Cl2N3O2/c18-14-5-3-12(15(19)10-14)4-6-16(23)22-9-1-2-13(11-22)17(24)21-8-7-20/h3,5,10,13H,1-2,4,6-9,11,20H2,(H,21,24). The van der Waals surface area contributed by atoms with Gasteiger partial charge in [-0.2, -0.15) is 0 Å². The molecule has 0 aromatic heterocycles. The smallest absolute Gasteiger partial charge is 0.224 e. The molecule has 2 rings (SSSR count). The molecule has 1 aliphatic heterocycles. The second kappa shape index (κ2) is 9.25. The first kappa shape index (κ1) is 19.0. The van der Waals surface area contributed by atoms with Gasteiger partial charge in [0, 0.05) is 42.6 Å². The maximum Gasteiger partial charge on any atom is 0.224 e. The van der Waals surface area contributed by atoms with E-state index in [0.717, 1.165) is 18.4 Å². The highest BCUT2D eigenvalue weighted by atomic mass is 35.5. The van der Waals surface area contributed by atoms with Gasteiger partial charge in [0.25, 0.3) is 0 Å². The maximum atomic E-state index is 12.4. The third-order valence-electron chi connectivity index (χ3n) is 4.21. The van der Waals surface area contributed by atoms with Gasteiger partial charge in [-0.05, 0) is 37.0 Å². The molecule has 0 saturated carbocycles. The minimum atomic E-state index is -0.145. The van der Waals surface area contributed by atoms with Gasteiger partial charge >= 0.3 is 0 Å². The van der Waals surface area contributed by atoms with Crippen LogP contribution in [0.1, 0.15) is 24.8 Å². The van der Waals surface area contributed by atoms with Crippen LogP contribution in [0.4, 0.5) is 0 Å². The average Bonchev–Trinajstić information content (AvgIpc) is 2.58. The number of nitrogens with zero attached hydrogens (tertiary/aromatic N) is 1. The van der Waals surface area contributed by atoms with E-state index in [4.69, 9.17) is 28.9 Å². The molecule has 1 unspecified atom stereocenters. The Kier molecular flexibility index (Phi) is 7.34. The first-order valence-electron chi connectivity index (χ1n) is 8.20. The largest absolute Gasteiger partial charge is 0.355 e. The van der Waals surface area contributed by atoms with E-state index >= 15 is 0 Å². The summed E-state index contributed by atoms with van der Waals surface area (Å²) in [7, 11) is 0. The third-order valence-corrected chi connectivity index (χ3v) is 4.80. The van der Waals surface area contributed by atoms with Crippen LogP contribution < -0.4 is 11.1 Å². The number of rotatable bonds is 6. The lowest BCUT2D eigenvalue weighted by molar-refractivity contribution is -0.135. The molecule has 24 heavy (non-hydrogen) atoms. The molecule has 1 heterocycles. The Bertz CT molecular complexity index is 595. The van der Waals surface area contributed by atoms with Crippen molar-refractivity contribution in [3.63, 3.8) is 0 Å². The van der Waals surface area contributed by atoms with E-state index in [2.05, 4.69) is 5.32 Å². The van der Waals surface area contributed by atoms with Crippen molar-refractivity contribution in [3.8, 4) is 0 Å². The lowest BCUT2D eigenvalue weighted by Crippen LogP contribution is -2.46. The molecule has 0 radical (unpaired) electrons. The van der Waals surface area contributed by atoms with Crippen molar-refractivity contribution in [1.29, 1.82) is 0 Å². The van der Waals surface area contributed by atoms with Crippen molar-refractivity contribution >= 4 is 35.0 Å². The number of likely N-dealkylation sites (tertiary alicyclic amines) is 1. The fourth-order valence-electron chi connectivity index (χ4n) is 2.88. The maximum absolute atomic E-state index is 12.4. The quantitative estimate of drug-likeness (QED) is 0.804. The van der Waals surface area contributed by atoms with Crippen LogP contribution in [0.25, 0.3) is 0 Å². The molecule has 132 valence electrons. The predicted octanol–water partition coefficient (Wildman–Crippen LogP) is 2.24. The van der Waals surface area contributed by atoms with Gasteiger partial charge in [0.1, 0.15) is 0 Å². The van der Waals surface area contributed by atoms with Gasteiger partial charge in [-0.25, -0.2) is 0 Å². The molecule has 0 spiro atoms. The van der Waals surface area contributed by atoms with Gasteiger partial charge in [0.15, 0.2) is 0 Å². The number of hydrogen-bond donors (Lipinski definition) is 2. The number of aryl methyl sites for hydroxylation is 1. The molecule has 1 saturated heterocycles. The summed E-state index contributed by atoms with van der Waals surface area (Å²) in [6.45, 7) is 2.07. The minimum absolute atomic E-state index is 0.0151. The number of halogens is 2. The molecule has 1 aromatic rings. The van der Waals surface area contributed by atoms with Gasteiger partial charge in [-0.15, -0.1) is 0 Å². The first-order chi connectivity index (χ1) is 11.5. The van der Waals surface area contributed by atoms with Crippen molar-refractivity contribution in [3.05, 3.63) is 33.8 Å². The molecule has 1 fully saturated rings. The van der Waals surface area contributed by atoms with E-state index in [1.165, 1.54) is 0 Å².